The lowest BCUT2D eigenvalue weighted by atomic mass is 9.35. The van der Waals surface area contributed by atoms with Crippen molar-refractivity contribution in [3.05, 3.63) is 289 Å². The van der Waals surface area contributed by atoms with Crippen LogP contribution in [-0.4, -0.2) is 6.71 Å². The molecule has 0 atom stereocenters. The van der Waals surface area contributed by atoms with Gasteiger partial charge in [0.15, 0.2) is 0 Å². The summed E-state index contributed by atoms with van der Waals surface area (Å²) in [7, 11) is 0. The average molecular weight is 1030 g/mol. The minimum Gasteiger partial charge on any atom is -0.456 e. The van der Waals surface area contributed by atoms with Crippen LogP contribution in [0.4, 0.5) is 17.1 Å². The smallest absolute Gasteiger partial charge is 0.242 e. The van der Waals surface area contributed by atoms with Crippen LogP contribution < -0.4 is 26.0 Å². The fourth-order valence-corrected chi connectivity index (χ4v) is 14.5. The Morgan fingerprint density at radius 1 is 0.309 bits per heavy atom. The van der Waals surface area contributed by atoms with Crippen LogP contribution in [0.25, 0.3) is 88.0 Å². The zero-order valence-corrected chi connectivity index (χ0v) is 45.8. The van der Waals surface area contributed by atoms with E-state index in [1.165, 1.54) is 105 Å². The maximum Gasteiger partial charge on any atom is 0.242 e. The van der Waals surface area contributed by atoms with E-state index in [2.05, 4.69) is 300 Å². The van der Waals surface area contributed by atoms with Gasteiger partial charge >= 0.3 is 0 Å². The van der Waals surface area contributed by atoms with Crippen LogP contribution in [0, 0.1) is 0 Å². The Kier molecular flexibility index (Phi) is 10.5. The summed E-state index contributed by atoms with van der Waals surface area (Å²) in [6.07, 6.45) is 0. The molecule has 0 N–H and O–H groups in total. The normalized spacial score (nSPS) is 13.7. The molecule has 2 nitrogen and oxygen atoms in total. The Morgan fingerprint density at radius 3 is 1.54 bits per heavy atom. The number of nitrogens with zero attached hydrogens (tertiary/aromatic N) is 1. The molecule has 382 valence electrons. The SMILES string of the molecule is CC1(C)c2ccccc2-c2ccc(B(c3ccccc3-c3ccccc3)c3cc4c5cccc6c5c(cc4c4ccccc34)-c3ccc(N(c4ccc5c(c4)C(C)(C)c4ccccc4-5)c4ccccc4-c4ccccc4)cc3O6)cc21. The summed E-state index contributed by atoms with van der Waals surface area (Å²) in [6, 6.07) is 99.4. The number of ether oxygens (including phenoxy) is 1. The Bertz CT molecular complexity index is 4750. The van der Waals surface area contributed by atoms with E-state index in [9.17, 15) is 0 Å². The van der Waals surface area contributed by atoms with Crippen LogP contribution in [0.5, 0.6) is 11.5 Å². The molecule has 13 aromatic carbocycles. The van der Waals surface area contributed by atoms with Gasteiger partial charge in [0.2, 0.25) is 6.71 Å². The van der Waals surface area contributed by atoms with Gasteiger partial charge in [-0.1, -0.05) is 262 Å². The van der Waals surface area contributed by atoms with Crippen LogP contribution in [0.15, 0.2) is 267 Å². The maximum absolute atomic E-state index is 7.26. The molecular formula is C78H56BNO. The molecule has 13 aromatic rings. The lowest BCUT2D eigenvalue weighted by Crippen LogP contribution is -2.53. The second-order valence-corrected chi connectivity index (χ2v) is 23.5. The summed E-state index contributed by atoms with van der Waals surface area (Å²) in [4.78, 5) is 2.43. The number of hydrogen-bond donors (Lipinski definition) is 0. The topological polar surface area (TPSA) is 12.5 Å². The molecule has 1 heterocycles. The van der Waals surface area contributed by atoms with Gasteiger partial charge in [-0.3, -0.25) is 0 Å². The van der Waals surface area contributed by atoms with Crippen molar-refractivity contribution in [3.8, 4) is 67.1 Å². The summed E-state index contributed by atoms with van der Waals surface area (Å²) in [5, 5.41) is 7.25. The molecule has 0 saturated heterocycles. The molecule has 0 radical (unpaired) electrons. The van der Waals surface area contributed by atoms with Crippen molar-refractivity contribution in [2.24, 2.45) is 0 Å². The van der Waals surface area contributed by atoms with Crippen LogP contribution >= 0.6 is 0 Å². The summed E-state index contributed by atoms with van der Waals surface area (Å²) in [5.74, 6) is 1.70. The van der Waals surface area contributed by atoms with E-state index in [1.54, 1.807) is 0 Å². The van der Waals surface area contributed by atoms with E-state index in [0.29, 0.717) is 0 Å². The molecule has 0 unspecified atom stereocenters. The summed E-state index contributed by atoms with van der Waals surface area (Å²) in [5.41, 5.74) is 24.5. The summed E-state index contributed by atoms with van der Waals surface area (Å²) in [6.45, 7) is 9.41. The van der Waals surface area contributed by atoms with Gasteiger partial charge in [-0.2, -0.15) is 0 Å². The predicted molar refractivity (Wildman–Crippen MR) is 343 cm³/mol. The van der Waals surface area contributed by atoms with Gasteiger partial charge in [0.1, 0.15) is 11.5 Å². The van der Waals surface area contributed by atoms with Crippen molar-refractivity contribution in [1.82, 2.24) is 0 Å². The van der Waals surface area contributed by atoms with E-state index in [0.717, 1.165) is 50.6 Å². The van der Waals surface area contributed by atoms with Crippen molar-refractivity contribution in [3.63, 3.8) is 0 Å². The van der Waals surface area contributed by atoms with Gasteiger partial charge in [-0.25, -0.2) is 0 Å². The molecule has 0 spiro atoms. The molecule has 1 aliphatic heterocycles. The highest BCUT2D eigenvalue weighted by Crippen LogP contribution is 2.55. The van der Waals surface area contributed by atoms with Crippen molar-refractivity contribution < 1.29 is 4.74 Å². The number of anilines is 3. The molecule has 2 aliphatic carbocycles. The Hall–Kier alpha value is -9.70. The van der Waals surface area contributed by atoms with Crippen LogP contribution in [0.2, 0.25) is 0 Å². The minimum absolute atomic E-state index is 0.0937. The second kappa shape index (κ2) is 17.9. The number of hydrogen-bond acceptors (Lipinski definition) is 2. The number of fused-ring (bicyclic) bond motifs is 12. The van der Waals surface area contributed by atoms with Crippen LogP contribution in [0.1, 0.15) is 49.9 Å². The first-order valence-electron chi connectivity index (χ1n) is 28.5. The Morgan fingerprint density at radius 2 is 0.827 bits per heavy atom. The van der Waals surface area contributed by atoms with E-state index < -0.39 is 0 Å². The maximum atomic E-state index is 7.26. The fourth-order valence-electron chi connectivity index (χ4n) is 14.5. The zero-order chi connectivity index (χ0) is 54.1. The highest BCUT2D eigenvalue weighted by atomic mass is 16.5. The standard InChI is InChI=1S/C78H56BNO/c1-77(2)67-33-17-13-29-57(67)59-41-38-51(44-69(59)77)79(71-35-19-15-26-54(71)49-22-7-5-8-23-49)72-48-65-63-32-21-37-74-76(63)66(47-64(65)56-28-11-12-31-61(56)72)62-43-40-53(46-75(62)81-74)80(73-36-20-16-27-55(73)50-24-9-6-10-25-50)52-39-42-60-58-30-14-18-34-68(58)78(3,4)70(60)45-52/h5-48H,1-4H3. The molecule has 16 rings (SSSR count). The lowest BCUT2D eigenvalue weighted by molar-refractivity contribution is 0.487. The first kappa shape index (κ1) is 47.3. The minimum atomic E-state index is -0.165. The quantitative estimate of drug-likeness (QED) is 0.111. The van der Waals surface area contributed by atoms with Crippen molar-refractivity contribution >= 4 is 72.5 Å². The molecule has 0 amide bonds. The van der Waals surface area contributed by atoms with Crippen molar-refractivity contribution in [2.75, 3.05) is 4.90 Å². The lowest BCUT2D eigenvalue weighted by Gasteiger charge is -2.31. The zero-order valence-electron chi connectivity index (χ0n) is 45.8. The summed E-state index contributed by atoms with van der Waals surface area (Å²) < 4.78 is 7.26. The van der Waals surface area contributed by atoms with Crippen molar-refractivity contribution in [2.45, 2.75) is 38.5 Å². The third-order valence-electron chi connectivity index (χ3n) is 18.4. The van der Waals surface area contributed by atoms with E-state index in [1.807, 2.05) is 0 Å². The third-order valence-corrected chi connectivity index (χ3v) is 18.4. The molecule has 0 saturated carbocycles. The number of para-hydroxylation sites is 1. The van der Waals surface area contributed by atoms with E-state index >= 15 is 0 Å². The van der Waals surface area contributed by atoms with Gasteiger partial charge in [0.25, 0.3) is 0 Å². The van der Waals surface area contributed by atoms with E-state index in [-0.39, 0.29) is 17.5 Å². The fraction of sp³-hybridized carbons (Fsp3) is 0.0769. The van der Waals surface area contributed by atoms with Gasteiger partial charge < -0.3 is 9.64 Å². The average Bonchev–Trinajstić information content (AvgIpc) is 3.58. The highest BCUT2D eigenvalue weighted by molar-refractivity contribution is 6.98. The van der Waals surface area contributed by atoms with Crippen LogP contribution in [0.3, 0.4) is 0 Å². The predicted octanol–water partition coefficient (Wildman–Crippen LogP) is 18.9. The highest BCUT2D eigenvalue weighted by Gasteiger charge is 2.39. The molecule has 0 fully saturated rings. The molecule has 0 bridgehead atoms. The molecule has 0 aromatic heterocycles. The number of rotatable bonds is 8. The first-order chi connectivity index (χ1) is 39.7. The van der Waals surface area contributed by atoms with E-state index in [4.69, 9.17) is 4.74 Å². The van der Waals surface area contributed by atoms with Crippen molar-refractivity contribution in [1.29, 1.82) is 0 Å². The largest absolute Gasteiger partial charge is 0.456 e. The first-order valence-corrected chi connectivity index (χ1v) is 28.5. The Labute approximate surface area is 474 Å². The third kappa shape index (κ3) is 7.14. The second-order valence-electron chi connectivity index (χ2n) is 23.5. The van der Waals surface area contributed by atoms with Crippen LogP contribution in [-0.2, 0) is 10.8 Å². The van der Waals surface area contributed by atoms with Gasteiger partial charge in [-0.15, -0.1) is 0 Å². The van der Waals surface area contributed by atoms with Gasteiger partial charge in [0, 0.05) is 44.8 Å². The molecule has 3 aliphatic rings. The number of benzene rings is 13. The van der Waals surface area contributed by atoms with Gasteiger partial charge in [0.05, 0.1) is 5.69 Å². The van der Waals surface area contributed by atoms with Gasteiger partial charge in [-0.05, 0) is 136 Å². The Balaban J connectivity index is 0.892. The molecular weight excluding hydrogens is 978 g/mol. The molecule has 3 heteroatoms. The monoisotopic (exact) mass is 1030 g/mol. The summed E-state index contributed by atoms with van der Waals surface area (Å²) >= 11 is 0. The molecule has 81 heavy (non-hydrogen) atoms.